The van der Waals surface area contributed by atoms with Crippen molar-refractivity contribution >= 4 is 21.3 Å². The Balaban J connectivity index is 2.73. The standard InChI is InChI=1S/C10H15N5O5S/c1-13-6-7(14(2)10(17)15(3)8(6)16)12-9(13)20-21(18,19)5-4-11/h4-5,11H2,1-3H3. The summed E-state index contributed by atoms with van der Waals surface area (Å²) < 4.78 is 31.3. The number of imidazole rings is 1. The second kappa shape index (κ2) is 5.00. The number of rotatable bonds is 4. The van der Waals surface area contributed by atoms with Crippen molar-refractivity contribution in [3.05, 3.63) is 20.8 Å². The molecule has 0 spiro atoms. The molecule has 0 aliphatic rings. The van der Waals surface area contributed by atoms with Crippen molar-refractivity contribution in [2.24, 2.45) is 26.9 Å². The van der Waals surface area contributed by atoms with Crippen LogP contribution in [-0.4, -0.2) is 39.4 Å². The molecule has 21 heavy (non-hydrogen) atoms. The summed E-state index contributed by atoms with van der Waals surface area (Å²) in [4.78, 5) is 27.8. The number of fused-ring (bicyclic) bond motifs is 1. The van der Waals surface area contributed by atoms with Crippen molar-refractivity contribution < 1.29 is 12.6 Å². The highest BCUT2D eigenvalue weighted by Gasteiger charge is 2.21. The molecule has 0 atom stereocenters. The van der Waals surface area contributed by atoms with Crippen molar-refractivity contribution in [2.75, 3.05) is 12.3 Å². The van der Waals surface area contributed by atoms with Gasteiger partial charge in [-0.3, -0.25) is 18.5 Å². The topological polar surface area (TPSA) is 131 Å². The lowest BCUT2D eigenvalue weighted by molar-refractivity contribution is 0.454. The Hall–Kier alpha value is -2.14. The average Bonchev–Trinajstić information content (AvgIpc) is 2.71. The van der Waals surface area contributed by atoms with Crippen LogP contribution in [0.5, 0.6) is 6.01 Å². The fourth-order valence-electron chi connectivity index (χ4n) is 1.87. The molecule has 0 aliphatic carbocycles. The van der Waals surface area contributed by atoms with Gasteiger partial charge in [-0.05, 0) is 0 Å². The van der Waals surface area contributed by atoms with Crippen molar-refractivity contribution in [1.29, 1.82) is 0 Å². The molecule has 10 nitrogen and oxygen atoms in total. The van der Waals surface area contributed by atoms with Gasteiger partial charge in [-0.15, -0.1) is 0 Å². The molecule has 2 aromatic heterocycles. The molecule has 0 amide bonds. The Morgan fingerprint density at radius 3 is 2.33 bits per heavy atom. The van der Waals surface area contributed by atoms with E-state index in [1.54, 1.807) is 0 Å². The van der Waals surface area contributed by atoms with Crippen LogP contribution in [0.3, 0.4) is 0 Å². The maximum Gasteiger partial charge on any atom is 0.332 e. The molecule has 2 N–H and O–H groups in total. The molecular weight excluding hydrogens is 302 g/mol. The summed E-state index contributed by atoms with van der Waals surface area (Å²) in [6.07, 6.45) is 0. The van der Waals surface area contributed by atoms with Gasteiger partial charge in [0.25, 0.3) is 5.56 Å². The molecule has 0 radical (unpaired) electrons. The molecule has 0 aromatic carbocycles. The first-order chi connectivity index (χ1) is 9.69. The highest BCUT2D eigenvalue weighted by Crippen LogP contribution is 2.16. The zero-order valence-corrected chi connectivity index (χ0v) is 12.5. The molecule has 2 heterocycles. The van der Waals surface area contributed by atoms with Crippen molar-refractivity contribution in [1.82, 2.24) is 18.7 Å². The first-order valence-electron chi connectivity index (χ1n) is 5.94. The zero-order valence-electron chi connectivity index (χ0n) is 11.7. The molecule has 0 aliphatic heterocycles. The normalized spacial score (nSPS) is 12.0. The molecule has 0 saturated heterocycles. The second-order valence-electron chi connectivity index (χ2n) is 4.47. The zero-order chi connectivity index (χ0) is 15.9. The lowest BCUT2D eigenvalue weighted by Crippen LogP contribution is -2.37. The Labute approximate surface area is 119 Å². The van der Waals surface area contributed by atoms with Gasteiger partial charge in [0.2, 0.25) is 0 Å². The maximum absolute atomic E-state index is 12.1. The SMILES string of the molecule is Cn1c(=O)c2c(nc(OS(=O)(=O)CCN)n2C)n(C)c1=O. The Morgan fingerprint density at radius 2 is 1.76 bits per heavy atom. The number of nitrogens with zero attached hydrogens (tertiary/aromatic N) is 4. The molecule has 11 heteroatoms. The fourth-order valence-corrected chi connectivity index (χ4v) is 2.62. The summed E-state index contributed by atoms with van der Waals surface area (Å²) in [6.45, 7) is -0.105. The first kappa shape index (κ1) is 15.3. The molecule has 0 fully saturated rings. The van der Waals surface area contributed by atoms with Gasteiger partial charge in [0.15, 0.2) is 11.2 Å². The minimum atomic E-state index is -3.91. The lowest BCUT2D eigenvalue weighted by atomic mass is 10.5. The minimum Gasteiger partial charge on any atom is -0.345 e. The van der Waals surface area contributed by atoms with Gasteiger partial charge < -0.3 is 9.92 Å². The van der Waals surface area contributed by atoms with E-state index in [2.05, 4.69) is 4.98 Å². The summed E-state index contributed by atoms with van der Waals surface area (Å²) in [6, 6.07) is -0.295. The number of hydrogen-bond acceptors (Lipinski definition) is 7. The number of aromatic nitrogens is 4. The van der Waals surface area contributed by atoms with Gasteiger partial charge >= 0.3 is 21.8 Å². The summed E-state index contributed by atoms with van der Waals surface area (Å²) in [5.41, 5.74) is 4.14. The number of aryl methyl sites for hydroxylation is 2. The van der Waals surface area contributed by atoms with Gasteiger partial charge in [-0.25, -0.2) is 4.79 Å². The van der Waals surface area contributed by atoms with Crippen LogP contribution in [-0.2, 0) is 31.3 Å². The molecule has 0 saturated carbocycles. The van der Waals surface area contributed by atoms with Gasteiger partial charge in [0.05, 0.1) is 5.75 Å². The van der Waals surface area contributed by atoms with Crippen LogP contribution in [0, 0.1) is 0 Å². The van der Waals surface area contributed by atoms with Crippen molar-refractivity contribution in [3.8, 4) is 6.01 Å². The van der Waals surface area contributed by atoms with Crippen LogP contribution >= 0.6 is 0 Å². The quantitative estimate of drug-likeness (QED) is 0.624. The van der Waals surface area contributed by atoms with E-state index < -0.39 is 21.4 Å². The third-order valence-corrected chi connectivity index (χ3v) is 4.14. The molecule has 0 bridgehead atoms. The molecular formula is C10H15N5O5S. The Bertz CT molecular complexity index is 920. The summed E-state index contributed by atoms with van der Waals surface area (Å²) in [5, 5.41) is 0. The van der Waals surface area contributed by atoms with Gasteiger partial charge in [-0.1, -0.05) is 0 Å². The van der Waals surface area contributed by atoms with Gasteiger partial charge in [0.1, 0.15) is 0 Å². The van der Waals surface area contributed by atoms with E-state index in [1.807, 2.05) is 0 Å². The predicted molar refractivity (Wildman–Crippen MR) is 74.7 cm³/mol. The summed E-state index contributed by atoms with van der Waals surface area (Å²) >= 11 is 0. The van der Waals surface area contributed by atoms with E-state index in [1.165, 1.54) is 25.7 Å². The third-order valence-electron chi connectivity index (χ3n) is 3.00. The predicted octanol–water partition coefficient (Wildman–Crippen LogP) is -2.36. The van der Waals surface area contributed by atoms with E-state index in [-0.39, 0.29) is 29.5 Å². The van der Waals surface area contributed by atoms with Crippen LogP contribution < -0.4 is 21.2 Å². The Kier molecular flexibility index (Phi) is 3.63. The second-order valence-corrected chi connectivity index (χ2v) is 6.16. The molecule has 2 rings (SSSR count). The van der Waals surface area contributed by atoms with Crippen LogP contribution in [0.15, 0.2) is 9.59 Å². The highest BCUT2D eigenvalue weighted by atomic mass is 32.2. The average molecular weight is 317 g/mol. The molecule has 0 unspecified atom stereocenters. The maximum atomic E-state index is 12.1. The minimum absolute atomic E-state index is 0.0450. The van der Waals surface area contributed by atoms with E-state index in [0.717, 1.165) is 9.13 Å². The third kappa shape index (κ3) is 2.45. The smallest absolute Gasteiger partial charge is 0.332 e. The molecule has 2 aromatic rings. The fraction of sp³-hybridized carbons (Fsp3) is 0.500. The van der Waals surface area contributed by atoms with Crippen LogP contribution in [0.1, 0.15) is 0 Å². The molecule has 116 valence electrons. The van der Waals surface area contributed by atoms with Crippen molar-refractivity contribution in [2.45, 2.75) is 0 Å². The Morgan fingerprint density at radius 1 is 1.14 bits per heavy atom. The van der Waals surface area contributed by atoms with E-state index >= 15 is 0 Å². The van der Waals surface area contributed by atoms with Crippen molar-refractivity contribution in [3.63, 3.8) is 0 Å². The summed E-state index contributed by atoms with van der Waals surface area (Å²) in [5.74, 6) is -0.382. The highest BCUT2D eigenvalue weighted by molar-refractivity contribution is 7.87. The number of nitrogens with two attached hydrogens (primary N) is 1. The lowest BCUT2D eigenvalue weighted by Gasteiger charge is -2.05. The van der Waals surface area contributed by atoms with Crippen LogP contribution in [0.2, 0.25) is 0 Å². The van der Waals surface area contributed by atoms with E-state index in [4.69, 9.17) is 9.92 Å². The van der Waals surface area contributed by atoms with Crippen LogP contribution in [0.4, 0.5) is 0 Å². The van der Waals surface area contributed by atoms with E-state index in [0.29, 0.717) is 0 Å². The van der Waals surface area contributed by atoms with Gasteiger partial charge in [-0.2, -0.15) is 13.4 Å². The number of hydrogen-bond donors (Lipinski definition) is 1. The monoisotopic (exact) mass is 317 g/mol. The van der Waals surface area contributed by atoms with Crippen LogP contribution in [0.25, 0.3) is 11.2 Å². The largest absolute Gasteiger partial charge is 0.345 e. The summed E-state index contributed by atoms with van der Waals surface area (Å²) in [7, 11) is 0.268. The first-order valence-corrected chi connectivity index (χ1v) is 7.52. The van der Waals surface area contributed by atoms with E-state index in [9.17, 15) is 18.0 Å². The van der Waals surface area contributed by atoms with Gasteiger partial charge in [0, 0.05) is 27.7 Å².